The van der Waals surface area contributed by atoms with Crippen LogP contribution < -0.4 is 5.32 Å². The highest BCUT2D eigenvalue weighted by molar-refractivity contribution is 5.85. The number of hydrogen-bond acceptors (Lipinski definition) is 6. The predicted molar refractivity (Wildman–Crippen MR) is 96.3 cm³/mol. The van der Waals surface area contributed by atoms with Crippen LogP contribution in [0.5, 0.6) is 0 Å². The normalized spacial score (nSPS) is 22.2. The molecule has 3 heterocycles. The molecule has 0 unspecified atom stereocenters. The highest BCUT2D eigenvalue weighted by atomic mass is 35.5. The Morgan fingerprint density at radius 3 is 2.60 bits per heavy atom. The van der Waals surface area contributed by atoms with E-state index >= 15 is 0 Å². The number of nitrogens with one attached hydrogen (secondary N) is 1. The molecular formula is C18H21ClN4O2. The zero-order valence-electron chi connectivity index (χ0n) is 13.8. The van der Waals surface area contributed by atoms with Gasteiger partial charge < -0.3 is 10.1 Å². The summed E-state index contributed by atoms with van der Waals surface area (Å²) in [4.78, 5) is 22.7. The van der Waals surface area contributed by atoms with Gasteiger partial charge in [-0.2, -0.15) is 0 Å². The van der Waals surface area contributed by atoms with Crippen LogP contribution in [-0.2, 0) is 22.6 Å². The Morgan fingerprint density at radius 2 is 1.88 bits per heavy atom. The number of rotatable bonds is 5. The highest BCUT2D eigenvalue weighted by Gasteiger charge is 2.43. The molecule has 0 radical (unpaired) electrons. The second kappa shape index (κ2) is 7.80. The van der Waals surface area contributed by atoms with E-state index in [-0.39, 0.29) is 24.3 Å². The van der Waals surface area contributed by atoms with Gasteiger partial charge in [0.1, 0.15) is 0 Å². The van der Waals surface area contributed by atoms with E-state index in [2.05, 4.69) is 32.3 Å². The van der Waals surface area contributed by atoms with Crippen LogP contribution in [0, 0.1) is 11.8 Å². The van der Waals surface area contributed by atoms with Crippen molar-refractivity contribution in [2.24, 2.45) is 11.8 Å². The lowest BCUT2D eigenvalue weighted by molar-refractivity contribution is -0.141. The summed E-state index contributed by atoms with van der Waals surface area (Å²) < 4.78 is 5.10. The second-order valence-electron chi connectivity index (χ2n) is 6.44. The van der Waals surface area contributed by atoms with Crippen LogP contribution in [0.4, 0.5) is 5.95 Å². The number of ether oxygens (including phenoxy) is 1. The number of likely N-dealkylation sites (tertiary alicyclic amines) is 1. The van der Waals surface area contributed by atoms with Gasteiger partial charge in [-0.05, 0) is 5.56 Å². The van der Waals surface area contributed by atoms with E-state index in [9.17, 15) is 4.79 Å². The molecule has 132 valence electrons. The van der Waals surface area contributed by atoms with Gasteiger partial charge in [0.05, 0.1) is 12.5 Å². The number of benzene rings is 1. The fourth-order valence-corrected chi connectivity index (χ4v) is 3.38. The number of hydrogen-bond donors (Lipinski definition) is 1. The molecule has 0 saturated carbocycles. The minimum absolute atomic E-state index is 0. The predicted octanol–water partition coefficient (Wildman–Crippen LogP) is 2.12. The molecule has 2 aromatic rings. The number of anilines is 1. The molecule has 7 heteroatoms. The summed E-state index contributed by atoms with van der Waals surface area (Å²) in [6, 6.07) is 10.2. The number of fused-ring (bicyclic) bond motifs is 1. The minimum atomic E-state index is -0.0424. The Hall–Kier alpha value is -2.18. The summed E-state index contributed by atoms with van der Waals surface area (Å²) >= 11 is 0. The topological polar surface area (TPSA) is 67.3 Å². The molecule has 2 atom stereocenters. The van der Waals surface area contributed by atoms with Gasteiger partial charge in [0, 0.05) is 50.1 Å². The maximum atomic E-state index is 11.6. The summed E-state index contributed by atoms with van der Waals surface area (Å²) in [6.45, 7) is 3.73. The Balaban J connectivity index is 0.00000182. The highest BCUT2D eigenvalue weighted by Crippen LogP contribution is 2.30. The third-order valence-electron chi connectivity index (χ3n) is 4.66. The first-order valence-electron chi connectivity index (χ1n) is 8.25. The number of nitrogens with zero attached hydrogens (tertiary/aromatic N) is 3. The first-order valence-corrected chi connectivity index (χ1v) is 8.25. The lowest BCUT2D eigenvalue weighted by Crippen LogP contribution is -2.23. The maximum Gasteiger partial charge on any atom is 0.310 e. The number of halogens is 1. The molecule has 1 N–H and O–H groups in total. The van der Waals surface area contributed by atoms with E-state index in [1.54, 1.807) is 0 Å². The van der Waals surface area contributed by atoms with Gasteiger partial charge in [-0.15, -0.1) is 12.4 Å². The molecule has 25 heavy (non-hydrogen) atoms. The van der Waals surface area contributed by atoms with E-state index in [1.807, 2.05) is 30.6 Å². The molecule has 2 aliphatic heterocycles. The largest absolute Gasteiger partial charge is 0.465 e. The molecule has 0 bridgehead atoms. The zero-order valence-corrected chi connectivity index (χ0v) is 14.6. The summed E-state index contributed by atoms with van der Waals surface area (Å²) in [5, 5.41) is 3.22. The fourth-order valence-electron chi connectivity index (χ4n) is 3.38. The average Bonchev–Trinajstić information content (AvgIpc) is 3.17. The fraction of sp³-hybridized carbons (Fsp3) is 0.389. The maximum absolute atomic E-state index is 11.6. The third-order valence-corrected chi connectivity index (χ3v) is 4.66. The van der Waals surface area contributed by atoms with Gasteiger partial charge in [0.25, 0.3) is 0 Å². The van der Waals surface area contributed by atoms with Gasteiger partial charge in [0.2, 0.25) is 5.95 Å². The number of carbonyl (C=O) groups excluding carboxylic acids is 1. The molecule has 6 nitrogen and oxygen atoms in total. The van der Waals surface area contributed by atoms with Crippen molar-refractivity contribution >= 4 is 24.3 Å². The average molecular weight is 361 g/mol. The molecule has 0 spiro atoms. The van der Waals surface area contributed by atoms with Crippen LogP contribution in [-0.4, -0.2) is 40.5 Å². The van der Waals surface area contributed by atoms with Crippen LogP contribution in [0.3, 0.4) is 0 Å². The van der Waals surface area contributed by atoms with E-state index in [0.29, 0.717) is 25.0 Å². The summed E-state index contributed by atoms with van der Waals surface area (Å²) in [5.74, 6) is 0.992. The van der Waals surface area contributed by atoms with Gasteiger partial charge in [-0.3, -0.25) is 9.69 Å². The molecule has 2 fully saturated rings. The molecule has 0 aliphatic carbocycles. The van der Waals surface area contributed by atoms with E-state index in [0.717, 1.165) is 25.2 Å². The molecule has 2 aliphatic rings. The van der Waals surface area contributed by atoms with E-state index in [1.165, 1.54) is 5.56 Å². The van der Waals surface area contributed by atoms with Gasteiger partial charge >= 0.3 is 5.97 Å². The molecular weight excluding hydrogens is 340 g/mol. The summed E-state index contributed by atoms with van der Waals surface area (Å²) in [5.41, 5.74) is 2.26. The van der Waals surface area contributed by atoms with E-state index in [4.69, 9.17) is 4.74 Å². The number of cyclic esters (lactones) is 1. The van der Waals surface area contributed by atoms with Crippen molar-refractivity contribution in [3.05, 3.63) is 53.9 Å². The smallest absolute Gasteiger partial charge is 0.310 e. The summed E-state index contributed by atoms with van der Waals surface area (Å²) in [6.07, 6.45) is 3.71. The molecule has 4 rings (SSSR count). The molecule has 0 amide bonds. The van der Waals surface area contributed by atoms with Crippen LogP contribution in [0.25, 0.3) is 0 Å². The number of esters is 1. The van der Waals surface area contributed by atoms with Crippen molar-refractivity contribution < 1.29 is 9.53 Å². The Bertz CT molecular complexity index is 711. The molecule has 1 aromatic carbocycles. The number of carbonyl (C=O) groups is 1. The lowest BCUT2D eigenvalue weighted by Gasteiger charge is -2.16. The van der Waals surface area contributed by atoms with Crippen molar-refractivity contribution in [2.75, 3.05) is 25.0 Å². The second-order valence-corrected chi connectivity index (χ2v) is 6.44. The first-order chi connectivity index (χ1) is 11.8. The van der Waals surface area contributed by atoms with Gasteiger partial charge in [-0.25, -0.2) is 9.97 Å². The van der Waals surface area contributed by atoms with Crippen molar-refractivity contribution in [3.63, 3.8) is 0 Å². The number of aromatic nitrogens is 2. The third kappa shape index (κ3) is 4.08. The zero-order chi connectivity index (χ0) is 16.4. The quantitative estimate of drug-likeness (QED) is 0.824. The minimum Gasteiger partial charge on any atom is -0.465 e. The lowest BCUT2D eigenvalue weighted by atomic mass is 10.0. The van der Waals surface area contributed by atoms with Crippen LogP contribution in [0.15, 0.2) is 42.7 Å². The van der Waals surface area contributed by atoms with Gasteiger partial charge in [0.15, 0.2) is 0 Å². The van der Waals surface area contributed by atoms with Crippen molar-refractivity contribution in [3.8, 4) is 0 Å². The monoisotopic (exact) mass is 360 g/mol. The SMILES string of the molecule is Cl.O=C1OC[C@H]2CN(Cc3cnc(NCc4ccccc4)nc3)C[C@@H]12. The van der Waals surface area contributed by atoms with Gasteiger partial charge in [-0.1, -0.05) is 30.3 Å². The van der Waals surface area contributed by atoms with Crippen LogP contribution >= 0.6 is 12.4 Å². The Labute approximate surface area is 153 Å². The van der Waals surface area contributed by atoms with Crippen molar-refractivity contribution in [1.29, 1.82) is 0 Å². The van der Waals surface area contributed by atoms with Crippen molar-refractivity contribution in [1.82, 2.24) is 14.9 Å². The Kier molecular flexibility index (Phi) is 5.50. The standard InChI is InChI=1S/C18H20N4O2.ClH/c23-17-16-11-22(10-15(16)12-24-17)9-14-7-20-18(21-8-14)19-6-13-4-2-1-3-5-13;/h1-5,7-8,15-16H,6,9-12H2,(H,19,20,21);1H/t15-,16-;/m1./s1. The summed E-state index contributed by atoms with van der Waals surface area (Å²) in [7, 11) is 0. The van der Waals surface area contributed by atoms with Crippen molar-refractivity contribution in [2.45, 2.75) is 13.1 Å². The molecule has 2 saturated heterocycles. The Morgan fingerprint density at radius 1 is 1.12 bits per heavy atom. The van der Waals surface area contributed by atoms with Crippen LogP contribution in [0.1, 0.15) is 11.1 Å². The molecule has 1 aromatic heterocycles. The van der Waals surface area contributed by atoms with Crippen LogP contribution in [0.2, 0.25) is 0 Å². The first kappa shape index (κ1) is 17.6. The van der Waals surface area contributed by atoms with E-state index < -0.39 is 0 Å².